The zero-order chi connectivity index (χ0) is 20.2. The topological polar surface area (TPSA) is 61.8 Å². The molecule has 0 bridgehead atoms. The smallest absolute Gasteiger partial charge is 0.225 e. The fourth-order valence-electron chi connectivity index (χ4n) is 4.15. The van der Waals surface area contributed by atoms with Crippen LogP contribution in [-0.4, -0.2) is 67.2 Å². The van der Waals surface area contributed by atoms with Crippen LogP contribution in [0.3, 0.4) is 0 Å². The van der Waals surface area contributed by atoms with Gasteiger partial charge in [0.1, 0.15) is 5.75 Å². The molecule has 2 aliphatic heterocycles. The average molecular weight is 396 g/mol. The van der Waals surface area contributed by atoms with Crippen molar-refractivity contribution in [3.8, 4) is 5.75 Å². The molecule has 7 nitrogen and oxygen atoms in total. The van der Waals surface area contributed by atoms with Gasteiger partial charge in [0, 0.05) is 62.8 Å². The molecule has 2 aliphatic rings. The summed E-state index contributed by atoms with van der Waals surface area (Å²) < 4.78 is 5.23. The zero-order valence-corrected chi connectivity index (χ0v) is 17.3. The largest absolute Gasteiger partial charge is 0.497 e. The first kappa shape index (κ1) is 19.5. The standard InChI is InChI=1S/C22H29N5O2/c1-17-7-10-23-22(24-17)27-11-8-18(9-12-27)21(28)26-15-13-25(14-16-26)19-3-5-20(29-2)6-4-19/h3-7,10,18H,8-9,11-16H2,1-2H3. The second-order valence-corrected chi connectivity index (χ2v) is 7.77. The lowest BCUT2D eigenvalue weighted by atomic mass is 9.95. The predicted octanol–water partition coefficient (Wildman–Crippen LogP) is 2.36. The number of methoxy groups -OCH3 is 1. The highest BCUT2D eigenvalue weighted by Crippen LogP contribution is 2.25. The summed E-state index contributed by atoms with van der Waals surface area (Å²) in [5, 5.41) is 0. The molecular formula is C22H29N5O2. The van der Waals surface area contributed by atoms with Gasteiger partial charge in [-0.05, 0) is 50.1 Å². The number of hydrogen-bond acceptors (Lipinski definition) is 6. The second-order valence-electron chi connectivity index (χ2n) is 7.77. The van der Waals surface area contributed by atoms with Crippen molar-refractivity contribution in [2.24, 2.45) is 5.92 Å². The number of piperidine rings is 1. The summed E-state index contributed by atoms with van der Waals surface area (Å²) in [4.78, 5) is 28.5. The Morgan fingerprint density at radius 1 is 0.966 bits per heavy atom. The van der Waals surface area contributed by atoms with E-state index in [-0.39, 0.29) is 5.92 Å². The molecule has 0 N–H and O–H groups in total. The molecule has 0 atom stereocenters. The number of amides is 1. The number of benzene rings is 1. The molecule has 4 rings (SSSR count). The molecule has 1 amide bonds. The lowest BCUT2D eigenvalue weighted by molar-refractivity contribution is -0.136. The van der Waals surface area contributed by atoms with Crippen LogP contribution in [0.1, 0.15) is 18.5 Å². The lowest BCUT2D eigenvalue weighted by Crippen LogP contribution is -2.51. The van der Waals surface area contributed by atoms with E-state index in [1.54, 1.807) is 13.3 Å². The SMILES string of the molecule is COc1ccc(N2CCN(C(=O)C3CCN(c4nccc(C)n4)CC3)CC2)cc1. The number of carbonyl (C=O) groups is 1. The van der Waals surface area contributed by atoms with Crippen molar-refractivity contribution >= 4 is 17.5 Å². The van der Waals surface area contributed by atoms with Crippen LogP contribution in [0.15, 0.2) is 36.5 Å². The van der Waals surface area contributed by atoms with Gasteiger partial charge in [-0.1, -0.05) is 0 Å². The van der Waals surface area contributed by atoms with Gasteiger partial charge in [0.2, 0.25) is 11.9 Å². The normalized spacial score (nSPS) is 18.1. The maximum Gasteiger partial charge on any atom is 0.225 e. The first-order valence-electron chi connectivity index (χ1n) is 10.4. The monoisotopic (exact) mass is 395 g/mol. The summed E-state index contributed by atoms with van der Waals surface area (Å²) in [7, 11) is 1.68. The number of aromatic nitrogens is 2. The third kappa shape index (κ3) is 4.44. The van der Waals surface area contributed by atoms with Gasteiger partial charge < -0.3 is 19.4 Å². The van der Waals surface area contributed by atoms with Crippen molar-refractivity contribution in [1.82, 2.24) is 14.9 Å². The van der Waals surface area contributed by atoms with E-state index in [2.05, 4.69) is 31.9 Å². The van der Waals surface area contributed by atoms with Gasteiger partial charge in [0.25, 0.3) is 0 Å². The molecule has 2 aromatic rings. The van der Waals surface area contributed by atoms with Crippen LogP contribution in [0.25, 0.3) is 0 Å². The molecule has 2 fully saturated rings. The van der Waals surface area contributed by atoms with Gasteiger partial charge >= 0.3 is 0 Å². The Bertz CT molecular complexity index is 825. The quantitative estimate of drug-likeness (QED) is 0.792. The second kappa shape index (κ2) is 8.68. The van der Waals surface area contributed by atoms with Crippen LogP contribution in [0.4, 0.5) is 11.6 Å². The lowest BCUT2D eigenvalue weighted by Gasteiger charge is -2.39. The van der Waals surface area contributed by atoms with Crippen LogP contribution in [0.2, 0.25) is 0 Å². The molecule has 7 heteroatoms. The van der Waals surface area contributed by atoms with Crippen molar-refractivity contribution in [3.05, 3.63) is 42.2 Å². The first-order valence-corrected chi connectivity index (χ1v) is 10.4. The summed E-state index contributed by atoms with van der Waals surface area (Å²) in [6, 6.07) is 10.0. The van der Waals surface area contributed by atoms with Gasteiger partial charge in [-0.15, -0.1) is 0 Å². The Kier molecular flexibility index (Phi) is 5.83. The van der Waals surface area contributed by atoms with Crippen molar-refractivity contribution in [2.75, 3.05) is 56.2 Å². The number of aryl methyl sites for hydroxylation is 1. The van der Waals surface area contributed by atoms with E-state index >= 15 is 0 Å². The molecular weight excluding hydrogens is 366 g/mol. The molecule has 2 saturated heterocycles. The van der Waals surface area contributed by atoms with Crippen molar-refractivity contribution < 1.29 is 9.53 Å². The van der Waals surface area contributed by atoms with Gasteiger partial charge in [-0.25, -0.2) is 9.97 Å². The fourth-order valence-corrected chi connectivity index (χ4v) is 4.15. The zero-order valence-electron chi connectivity index (χ0n) is 17.3. The maximum atomic E-state index is 13.0. The van der Waals surface area contributed by atoms with Gasteiger partial charge in [-0.3, -0.25) is 4.79 Å². The number of anilines is 2. The van der Waals surface area contributed by atoms with E-state index in [4.69, 9.17) is 4.74 Å². The van der Waals surface area contributed by atoms with E-state index in [9.17, 15) is 4.79 Å². The minimum atomic E-state index is 0.114. The van der Waals surface area contributed by atoms with E-state index in [0.29, 0.717) is 5.91 Å². The third-order valence-electron chi connectivity index (χ3n) is 5.94. The molecule has 154 valence electrons. The highest BCUT2D eigenvalue weighted by atomic mass is 16.5. The van der Waals surface area contributed by atoms with E-state index in [1.165, 1.54) is 5.69 Å². The van der Waals surface area contributed by atoms with Crippen LogP contribution in [-0.2, 0) is 4.79 Å². The average Bonchev–Trinajstić information content (AvgIpc) is 2.79. The highest BCUT2D eigenvalue weighted by molar-refractivity contribution is 5.79. The predicted molar refractivity (Wildman–Crippen MR) is 113 cm³/mol. The molecule has 0 unspecified atom stereocenters. The highest BCUT2D eigenvalue weighted by Gasteiger charge is 2.31. The Hall–Kier alpha value is -2.83. The first-order chi connectivity index (χ1) is 14.1. The molecule has 0 radical (unpaired) electrons. The number of rotatable bonds is 4. The molecule has 3 heterocycles. The van der Waals surface area contributed by atoms with E-state index in [1.807, 2.05) is 30.0 Å². The summed E-state index contributed by atoms with van der Waals surface area (Å²) in [5.41, 5.74) is 2.16. The molecule has 0 spiro atoms. The minimum Gasteiger partial charge on any atom is -0.497 e. The van der Waals surface area contributed by atoms with Crippen LogP contribution < -0.4 is 14.5 Å². The van der Waals surface area contributed by atoms with Gasteiger partial charge in [0.05, 0.1) is 7.11 Å². The molecule has 1 aromatic carbocycles. The summed E-state index contributed by atoms with van der Waals surface area (Å²) in [5.74, 6) is 2.07. The Morgan fingerprint density at radius 2 is 1.66 bits per heavy atom. The van der Waals surface area contributed by atoms with E-state index in [0.717, 1.165) is 69.5 Å². The van der Waals surface area contributed by atoms with Gasteiger partial charge in [-0.2, -0.15) is 0 Å². The number of ether oxygens (including phenoxy) is 1. The molecule has 0 aliphatic carbocycles. The number of carbonyl (C=O) groups excluding carboxylic acids is 1. The van der Waals surface area contributed by atoms with Crippen LogP contribution >= 0.6 is 0 Å². The summed E-state index contributed by atoms with van der Waals surface area (Å²) in [6.45, 7) is 6.96. The summed E-state index contributed by atoms with van der Waals surface area (Å²) in [6.07, 6.45) is 3.54. The Balaban J connectivity index is 1.27. The number of nitrogens with zero attached hydrogens (tertiary/aromatic N) is 5. The minimum absolute atomic E-state index is 0.114. The number of piperazine rings is 1. The van der Waals surface area contributed by atoms with Crippen molar-refractivity contribution in [2.45, 2.75) is 19.8 Å². The Morgan fingerprint density at radius 3 is 2.28 bits per heavy atom. The molecule has 1 aromatic heterocycles. The third-order valence-corrected chi connectivity index (χ3v) is 5.94. The van der Waals surface area contributed by atoms with E-state index < -0.39 is 0 Å². The molecule has 0 saturated carbocycles. The van der Waals surface area contributed by atoms with Gasteiger partial charge in [0.15, 0.2) is 0 Å². The van der Waals surface area contributed by atoms with Crippen molar-refractivity contribution in [1.29, 1.82) is 0 Å². The summed E-state index contributed by atoms with van der Waals surface area (Å²) >= 11 is 0. The molecule has 29 heavy (non-hydrogen) atoms. The van der Waals surface area contributed by atoms with Crippen LogP contribution in [0, 0.1) is 12.8 Å². The van der Waals surface area contributed by atoms with Crippen molar-refractivity contribution in [3.63, 3.8) is 0 Å². The number of hydrogen-bond donors (Lipinski definition) is 0. The Labute approximate surface area is 172 Å². The van der Waals surface area contributed by atoms with Crippen LogP contribution in [0.5, 0.6) is 5.75 Å². The fraction of sp³-hybridized carbons (Fsp3) is 0.500. The maximum absolute atomic E-state index is 13.0.